The van der Waals surface area contributed by atoms with Gasteiger partial charge in [0.2, 0.25) is 19.9 Å². The highest BCUT2D eigenvalue weighted by atomic mass is 32.2. The number of hydrogen-bond donors (Lipinski definition) is 1. The number of piperidine rings is 1. The van der Waals surface area contributed by atoms with Crippen molar-refractivity contribution >= 4 is 25.8 Å². The standard InChI is InChI=1S/C26H22F6N2O6S2/c27-25(28,29)22-11-10-21(41(36,37)20-4-2-1-3-5-20)16-23(22)42(38,39)33-18-12-14-34(15-13-18)24(35)17-6-8-19(9-7-17)40-26(30,31)32/h1-11,16,18,33H,12-15H2. The number of nitrogens with one attached hydrogen (secondary N) is 1. The maximum atomic E-state index is 13.8. The largest absolute Gasteiger partial charge is 0.573 e. The van der Waals surface area contributed by atoms with Crippen LogP contribution < -0.4 is 9.46 Å². The van der Waals surface area contributed by atoms with E-state index in [0.717, 1.165) is 24.3 Å². The average molecular weight is 637 g/mol. The van der Waals surface area contributed by atoms with Gasteiger partial charge in [0.1, 0.15) is 5.75 Å². The van der Waals surface area contributed by atoms with E-state index in [1.54, 1.807) is 0 Å². The maximum Gasteiger partial charge on any atom is 0.573 e. The van der Waals surface area contributed by atoms with Crippen molar-refractivity contribution in [2.24, 2.45) is 0 Å². The van der Waals surface area contributed by atoms with Gasteiger partial charge in [0.05, 0.1) is 20.2 Å². The minimum absolute atomic E-state index is 0.00357. The van der Waals surface area contributed by atoms with Gasteiger partial charge in [-0.15, -0.1) is 13.2 Å². The third-order valence-corrected chi connectivity index (χ3v) is 9.68. The van der Waals surface area contributed by atoms with Gasteiger partial charge in [-0.2, -0.15) is 13.2 Å². The zero-order valence-electron chi connectivity index (χ0n) is 21.3. The lowest BCUT2D eigenvalue weighted by Crippen LogP contribution is -2.46. The summed E-state index contributed by atoms with van der Waals surface area (Å²) in [4.78, 5) is 11.9. The fraction of sp³-hybridized carbons (Fsp3) is 0.269. The molecule has 1 N–H and O–H groups in total. The predicted molar refractivity (Wildman–Crippen MR) is 136 cm³/mol. The molecule has 0 atom stereocenters. The van der Waals surface area contributed by atoms with Crippen molar-refractivity contribution in [2.75, 3.05) is 13.1 Å². The molecule has 42 heavy (non-hydrogen) atoms. The van der Waals surface area contributed by atoms with Crippen molar-refractivity contribution in [2.45, 2.75) is 46.1 Å². The van der Waals surface area contributed by atoms with E-state index in [9.17, 15) is 48.0 Å². The molecule has 1 amide bonds. The number of amides is 1. The van der Waals surface area contributed by atoms with Crippen LogP contribution in [0.5, 0.6) is 5.75 Å². The van der Waals surface area contributed by atoms with Crippen LogP contribution in [0.2, 0.25) is 0 Å². The summed E-state index contributed by atoms with van der Waals surface area (Å²) in [5, 5.41) is 0. The monoisotopic (exact) mass is 636 g/mol. The van der Waals surface area contributed by atoms with Crippen LogP contribution in [-0.2, 0) is 26.0 Å². The quantitative estimate of drug-likeness (QED) is 0.365. The zero-order chi connectivity index (χ0) is 30.9. The van der Waals surface area contributed by atoms with Crippen LogP contribution in [0.1, 0.15) is 28.8 Å². The predicted octanol–water partition coefficient (Wildman–Crippen LogP) is 5.02. The Morgan fingerprint density at radius 2 is 1.40 bits per heavy atom. The summed E-state index contributed by atoms with van der Waals surface area (Å²) in [6, 6.07) is 11.7. The lowest BCUT2D eigenvalue weighted by molar-refractivity contribution is -0.274. The molecule has 0 bridgehead atoms. The molecule has 1 heterocycles. The highest BCUT2D eigenvalue weighted by Crippen LogP contribution is 2.36. The number of halogens is 6. The highest BCUT2D eigenvalue weighted by molar-refractivity contribution is 7.91. The number of rotatable bonds is 7. The molecule has 1 aliphatic rings. The summed E-state index contributed by atoms with van der Waals surface area (Å²) in [5.41, 5.74) is -1.50. The Morgan fingerprint density at radius 1 is 0.810 bits per heavy atom. The van der Waals surface area contributed by atoms with Crippen molar-refractivity contribution in [3.63, 3.8) is 0 Å². The first-order valence-corrected chi connectivity index (χ1v) is 15.1. The van der Waals surface area contributed by atoms with Gasteiger partial charge in [0, 0.05) is 24.7 Å². The molecular formula is C26H22F6N2O6S2. The summed E-state index contributed by atoms with van der Waals surface area (Å²) in [5.74, 6) is -1.07. The molecule has 8 nitrogen and oxygen atoms in total. The Hall–Kier alpha value is -3.63. The molecule has 1 fully saturated rings. The Kier molecular flexibility index (Phi) is 8.62. The van der Waals surface area contributed by atoms with Crippen LogP contribution in [0, 0.1) is 0 Å². The number of nitrogens with zero attached hydrogens (tertiary/aromatic N) is 1. The highest BCUT2D eigenvalue weighted by Gasteiger charge is 2.39. The van der Waals surface area contributed by atoms with Crippen LogP contribution in [0.15, 0.2) is 87.5 Å². The van der Waals surface area contributed by atoms with Crippen LogP contribution in [0.25, 0.3) is 0 Å². The Bertz CT molecular complexity index is 1650. The van der Waals surface area contributed by atoms with Gasteiger partial charge in [-0.1, -0.05) is 18.2 Å². The van der Waals surface area contributed by atoms with Crippen molar-refractivity contribution in [3.05, 3.63) is 83.9 Å². The van der Waals surface area contributed by atoms with Gasteiger partial charge in [-0.3, -0.25) is 4.79 Å². The number of ether oxygens (including phenoxy) is 1. The lowest BCUT2D eigenvalue weighted by atomic mass is 10.0. The van der Waals surface area contributed by atoms with Gasteiger partial charge < -0.3 is 9.64 Å². The van der Waals surface area contributed by atoms with E-state index in [-0.39, 0.29) is 36.4 Å². The van der Waals surface area contributed by atoms with Crippen molar-refractivity contribution in [1.29, 1.82) is 0 Å². The second-order valence-electron chi connectivity index (χ2n) is 9.23. The van der Waals surface area contributed by atoms with Gasteiger partial charge in [0.15, 0.2) is 0 Å². The number of sulfone groups is 1. The third kappa shape index (κ3) is 7.22. The summed E-state index contributed by atoms with van der Waals surface area (Å²) in [6.45, 7) is -0.0250. The number of likely N-dealkylation sites (tertiary alicyclic amines) is 1. The van der Waals surface area contributed by atoms with Crippen molar-refractivity contribution in [1.82, 2.24) is 9.62 Å². The van der Waals surface area contributed by atoms with E-state index < -0.39 is 65.5 Å². The molecule has 4 rings (SSSR count). The second kappa shape index (κ2) is 11.6. The van der Waals surface area contributed by atoms with Gasteiger partial charge >= 0.3 is 12.5 Å². The molecule has 226 valence electrons. The SMILES string of the molecule is O=C(c1ccc(OC(F)(F)F)cc1)N1CCC(NS(=O)(=O)c2cc(S(=O)(=O)c3ccccc3)ccc2C(F)(F)F)CC1. The van der Waals surface area contributed by atoms with E-state index in [0.29, 0.717) is 18.2 Å². The third-order valence-electron chi connectivity index (χ3n) is 6.35. The average Bonchev–Trinajstić information content (AvgIpc) is 2.92. The first-order chi connectivity index (χ1) is 19.5. The number of hydrogen-bond acceptors (Lipinski definition) is 6. The van der Waals surface area contributed by atoms with Crippen molar-refractivity contribution in [3.8, 4) is 5.75 Å². The van der Waals surface area contributed by atoms with Crippen molar-refractivity contribution < 1.29 is 52.7 Å². The van der Waals surface area contributed by atoms with Crippen LogP contribution in [-0.4, -0.2) is 53.1 Å². The maximum absolute atomic E-state index is 13.8. The molecule has 0 aliphatic carbocycles. The van der Waals surface area contributed by atoms with E-state index in [1.807, 2.05) is 0 Å². The number of carbonyl (C=O) groups is 1. The molecule has 0 radical (unpaired) electrons. The Labute approximate surface area is 236 Å². The molecule has 0 aromatic heterocycles. The van der Waals surface area contributed by atoms with Gasteiger partial charge in [-0.25, -0.2) is 21.6 Å². The summed E-state index contributed by atoms with van der Waals surface area (Å²) in [7, 11) is -9.23. The number of carbonyl (C=O) groups excluding carboxylic acids is 1. The molecule has 0 unspecified atom stereocenters. The molecule has 3 aromatic rings. The summed E-state index contributed by atoms with van der Waals surface area (Å²) >= 11 is 0. The van der Waals surface area contributed by atoms with Crippen LogP contribution in [0.3, 0.4) is 0 Å². The Morgan fingerprint density at radius 3 is 1.95 bits per heavy atom. The zero-order valence-corrected chi connectivity index (χ0v) is 22.9. The fourth-order valence-corrected chi connectivity index (χ4v) is 7.27. The smallest absolute Gasteiger partial charge is 0.406 e. The minimum Gasteiger partial charge on any atom is -0.406 e. The molecular weight excluding hydrogens is 614 g/mol. The summed E-state index contributed by atoms with van der Waals surface area (Å²) in [6.07, 6.45) is -10.0. The molecule has 1 aliphatic heterocycles. The normalized spacial score (nSPS) is 15.4. The molecule has 1 saturated heterocycles. The van der Waals surface area contributed by atoms with Crippen LogP contribution >= 0.6 is 0 Å². The molecule has 16 heteroatoms. The molecule has 0 saturated carbocycles. The topological polar surface area (TPSA) is 110 Å². The fourth-order valence-electron chi connectivity index (χ4n) is 4.33. The van der Waals surface area contributed by atoms with E-state index >= 15 is 0 Å². The van der Waals surface area contributed by atoms with E-state index in [2.05, 4.69) is 9.46 Å². The number of sulfonamides is 1. The lowest BCUT2D eigenvalue weighted by Gasteiger charge is -2.32. The van der Waals surface area contributed by atoms with Crippen LogP contribution in [0.4, 0.5) is 26.3 Å². The Balaban J connectivity index is 1.50. The van der Waals surface area contributed by atoms with E-state index in [4.69, 9.17) is 0 Å². The minimum atomic E-state index is -5.12. The van der Waals surface area contributed by atoms with Gasteiger partial charge in [0.25, 0.3) is 5.91 Å². The molecule has 3 aromatic carbocycles. The first kappa shape index (κ1) is 31.3. The second-order valence-corrected chi connectivity index (χ2v) is 12.9. The number of alkyl halides is 6. The van der Waals surface area contributed by atoms with Gasteiger partial charge in [-0.05, 0) is 67.4 Å². The summed E-state index contributed by atoms with van der Waals surface area (Å²) < 4.78 is 137. The first-order valence-electron chi connectivity index (χ1n) is 12.2. The number of benzene rings is 3. The molecule has 0 spiro atoms. The van der Waals surface area contributed by atoms with E-state index in [1.165, 1.54) is 35.2 Å².